The first-order valence-corrected chi connectivity index (χ1v) is 15.4. The highest BCUT2D eigenvalue weighted by atomic mass is 16.5. The number of ether oxygens (including phenoxy) is 2. The Bertz CT molecular complexity index is 1150. The van der Waals surface area contributed by atoms with E-state index in [4.69, 9.17) is 14.9 Å². The minimum Gasteiger partial charge on any atom is -0.381 e. The van der Waals surface area contributed by atoms with Crippen LogP contribution in [-0.4, -0.2) is 113 Å². The number of carbonyl (C=O) groups is 1. The number of likely N-dealkylation sites (N-methyl/N-ethyl adjacent to an activating group) is 1. The maximum absolute atomic E-state index is 12.5. The number of nitrogens with zero attached hydrogens (tertiary/aromatic N) is 4. The van der Waals surface area contributed by atoms with Crippen molar-refractivity contribution in [2.24, 2.45) is 15.9 Å². The Morgan fingerprint density at radius 3 is 2.79 bits per heavy atom. The first-order valence-electron chi connectivity index (χ1n) is 15.4. The number of hydrogen-bond acceptors (Lipinski definition) is 8. The third-order valence-corrected chi connectivity index (χ3v) is 7.80. The Hall–Kier alpha value is -3.36. The number of amides is 1. The van der Waals surface area contributed by atoms with Gasteiger partial charge < -0.3 is 35.3 Å². The van der Waals surface area contributed by atoms with Crippen LogP contribution >= 0.6 is 0 Å². The molecule has 0 saturated carbocycles. The van der Waals surface area contributed by atoms with Crippen LogP contribution in [0.25, 0.3) is 0 Å². The van der Waals surface area contributed by atoms with E-state index in [-0.39, 0.29) is 17.9 Å². The molecule has 1 aliphatic heterocycles. The number of allylic oxidation sites excluding steroid dienone is 1. The molecule has 0 radical (unpaired) electrons. The lowest BCUT2D eigenvalue weighted by atomic mass is 9.93. The molecule has 43 heavy (non-hydrogen) atoms. The summed E-state index contributed by atoms with van der Waals surface area (Å²) in [6, 6.07) is -0.394. The molecule has 1 heterocycles. The molecule has 1 fully saturated rings. The Labute approximate surface area is 257 Å². The maximum atomic E-state index is 12.5. The average molecular weight is 592 g/mol. The van der Waals surface area contributed by atoms with Gasteiger partial charge in [-0.2, -0.15) is 0 Å². The van der Waals surface area contributed by atoms with Crippen molar-refractivity contribution in [1.82, 2.24) is 20.4 Å². The monoisotopic (exact) mass is 591 g/mol. The smallest absolute Gasteiger partial charge is 0.296 e. The van der Waals surface area contributed by atoms with Gasteiger partial charge in [0.2, 0.25) is 0 Å². The van der Waals surface area contributed by atoms with E-state index in [0.29, 0.717) is 19.8 Å². The fourth-order valence-electron chi connectivity index (χ4n) is 5.43. The molecule has 10 heteroatoms. The zero-order chi connectivity index (χ0) is 30.9. The highest BCUT2D eigenvalue weighted by Gasteiger charge is 2.27. The molecule has 3 N–H and O–H groups in total. The molecule has 1 amide bonds. The van der Waals surface area contributed by atoms with E-state index in [1.807, 2.05) is 24.3 Å². The van der Waals surface area contributed by atoms with Crippen molar-refractivity contribution in [3.63, 3.8) is 0 Å². The summed E-state index contributed by atoms with van der Waals surface area (Å²) in [6.07, 6.45) is 16.7. The zero-order valence-electron chi connectivity index (χ0n) is 26.1. The average Bonchev–Trinajstić information content (AvgIpc) is 3.00. The molecule has 0 aromatic carbocycles. The lowest BCUT2D eigenvalue weighted by molar-refractivity contribution is -0.116. The third-order valence-electron chi connectivity index (χ3n) is 7.80. The molecular weight excluding hydrogens is 542 g/mol. The largest absolute Gasteiger partial charge is 0.381 e. The van der Waals surface area contributed by atoms with E-state index in [9.17, 15) is 4.79 Å². The van der Waals surface area contributed by atoms with Crippen LogP contribution in [0.15, 0.2) is 57.3 Å². The van der Waals surface area contributed by atoms with Crippen molar-refractivity contribution in [3.05, 3.63) is 47.3 Å². The van der Waals surface area contributed by atoms with Crippen LogP contribution in [0.4, 0.5) is 0 Å². The Morgan fingerprint density at radius 1 is 1.19 bits per heavy atom. The van der Waals surface area contributed by atoms with Gasteiger partial charge in [-0.15, -0.1) is 0 Å². The quantitative estimate of drug-likeness (QED) is 0.117. The molecule has 0 spiro atoms. The standard InChI is InChI=1S/C33H49N7O3/c1-5-10-33(41)38-30-22-27(24-36-28-11-12-31(43-20-13-34)26(6-2)21-28)29(37-25-35-3)23-32(30)42-19-9-16-40-15-8-7-14-39(4)17-18-40/h11-13,21-23,25-26,30-32,34,36H,3,6-9,14-20,24H2,1-2,4H3,(H,38,41). The van der Waals surface area contributed by atoms with E-state index in [1.54, 1.807) is 6.92 Å². The van der Waals surface area contributed by atoms with Crippen LogP contribution in [0.2, 0.25) is 0 Å². The number of aliphatic imine (C=N–C) groups is 2. The second-order valence-electron chi connectivity index (χ2n) is 11.0. The summed E-state index contributed by atoms with van der Waals surface area (Å²) in [4.78, 5) is 25.8. The van der Waals surface area contributed by atoms with Gasteiger partial charge in [0.15, 0.2) is 0 Å². The van der Waals surface area contributed by atoms with E-state index < -0.39 is 12.1 Å². The third kappa shape index (κ3) is 11.7. The lowest BCUT2D eigenvalue weighted by Gasteiger charge is -2.30. The highest BCUT2D eigenvalue weighted by Crippen LogP contribution is 2.25. The van der Waals surface area contributed by atoms with Crippen molar-refractivity contribution in [3.8, 4) is 11.8 Å². The minimum absolute atomic E-state index is 0.0489. The van der Waals surface area contributed by atoms with Crippen molar-refractivity contribution in [2.45, 2.75) is 57.8 Å². The lowest BCUT2D eigenvalue weighted by Crippen LogP contribution is -2.44. The molecular formula is C33H49N7O3. The predicted molar refractivity (Wildman–Crippen MR) is 175 cm³/mol. The SMILES string of the molecule is C=NC=NC1=CC(OCCCN2CCCCN(C)CC2)C(NC(=O)C#CC)C=C1CNC1=CC(CC)C(OCC=N)C=C1. The second kappa shape index (κ2) is 19.0. The molecule has 0 aromatic rings. The maximum Gasteiger partial charge on any atom is 0.296 e. The van der Waals surface area contributed by atoms with Crippen molar-refractivity contribution < 1.29 is 14.3 Å². The number of nitrogens with one attached hydrogen (secondary N) is 3. The normalized spacial score (nSPS) is 25.0. The van der Waals surface area contributed by atoms with E-state index >= 15 is 0 Å². The summed E-state index contributed by atoms with van der Waals surface area (Å²) in [7, 11) is 2.19. The number of carbonyl (C=O) groups excluding carboxylic acids is 1. The van der Waals surface area contributed by atoms with Crippen LogP contribution in [0.5, 0.6) is 0 Å². The van der Waals surface area contributed by atoms with Gasteiger partial charge in [0, 0.05) is 50.6 Å². The molecule has 2 aliphatic carbocycles. The van der Waals surface area contributed by atoms with Gasteiger partial charge in [0.05, 0.1) is 24.4 Å². The molecule has 4 unspecified atom stereocenters. The highest BCUT2D eigenvalue weighted by molar-refractivity contribution is 5.93. The first kappa shape index (κ1) is 34.1. The van der Waals surface area contributed by atoms with Crippen molar-refractivity contribution >= 4 is 25.2 Å². The molecule has 10 nitrogen and oxygen atoms in total. The fraction of sp³-hybridized carbons (Fsp3) is 0.576. The van der Waals surface area contributed by atoms with Gasteiger partial charge in [0.1, 0.15) is 12.4 Å². The molecule has 4 atom stereocenters. The summed E-state index contributed by atoms with van der Waals surface area (Å²) in [5.41, 5.74) is 2.62. The van der Waals surface area contributed by atoms with Crippen LogP contribution < -0.4 is 10.6 Å². The molecule has 234 valence electrons. The Balaban J connectivity index is 1.68. The van der Waals surface area contributed by atoms with Gasteiger partial charge >= 0.3 is 0 Å². The van der Waals surface area contributed by atoms with E-state index in [2.05, 4.69) is 69.0 Å². The summed E-state index contributed by atoms with van der Waals surface area (Å²) in [6.45, 7) is 14.1. The molecule has 3 rings (SSSR count). The van der Waals surface area contributed by atoms with Gasteiger partial charge in [-0.25, -0.2) is 4.99 Å². The molecule has 0 bridgehead atoms. The molecule has 1 saturated heterocycles. The molecule has 3 aliphatic rings. The van der Waals surface area contributed by atoms with Crippen LogP contribution in [0.3, 0.4) is 0 Å². The van der Waals surface area contributed by atoms with Gasteiger partial charge in [0.25, 0.3) is 5.91 Å². The minimum atomic E-state index is -0.396. The predicted octanol–water partition coefficient (Wildman–Crippen LogP) is 2.95. The van der Waals surface area contributed by atoms with Gasteiger partial charge in [-0.05, 0) is 83.1 Å². The van der Waals surface area contributed by atoms with E-state index in [0.717, 1.165) is 56.0 Å². The van der Waals surface area contributed by atoms with E-state index in [1.165, 1.54) is 31.9 Å². The Morgan fingerprint density at radius 2 is 2.02 bits per heavy atom. The van der Waals surface area contributed by atoms with Crippen LogP contribution in [0, 0.1) is 23.2 Å². The second-order valence-corrected chi connectivity index (χ2v) is 11.0. The first-order chi connectivity index (χ1) is 21.0. The summed E-state index contributed by atoms with van der Waals surface area (Å²) in [5, 5.41) is 13.8. The topological polar surface area (TPSA) is 115 Å². The zero-order valence-corrected chi connectivity index (χ0v) is 26.1. The van der Waals surface area contributed by atoms with Gasteiger partial charge in [-0.3, -0.25) is 9.79 Å². The van der Waals surface area contributed by atoms with Crippen LogP contribution in [-0.2, 0) is 14.3 Å². The molecule has 0 aromatic heterocycles. The number of rotatable bonds is 15. The van der Waals surface area contributed by atoms with Crippen molar-refractivity contribution in [1.29, 1.82) is 5.41 Å². The Kier molecular flexibility index (Phi) is 15.1. The number of hydrogen-bond donors (Lipinski definition) is 3. The van der Waals surface area contributed by atoms with Crippen LogP contribution in [0.1, 0.15) is 39.5 Å². The summed E-state index contributed by atoms with van der Waals surface area (Å²) >= 11 is 0. The summed E-state index contributed by atoms with van der Waals surface area (Å²) < 4.78 is 12.1. The van der Waals surface area contributed by atoms with Crippen molar-refractivity contribution in [2.75, 3.05) is 59.5 Å². The van der Waals surface area contributed by atoms with Gasteiger partial charge in [-0.1, -0.05) is 31.1 Å². The fourth-order valence-corrected chi connectivity index (χ4v) is 5.43. The summed E-state index contributed by atoms with van der Waals surface area (Å²) in [5.74, 6) is 5.12.